The van der Waals surface area contributed by atoms with E-state index in [1.54, 1.807) is 10.6 Å². The Kier molecular flexibility index (Phi) is 3.71. The number of fused-ring (bicyclic) bond motifs is 2. The summed E-state index contributed by atoms with van der Waals surface area (Å²) >= 11 is 0. The van der Waals surface area contributed by atoms with Gasteiger partial charge in [0.15, 0.2) is 11.5 Å². The quantitative estimate of drug-likeness (QED) is 0.600. The molecule has 27 heavy (non-hydrogen) atoms. The van der Waals surface area contributed by atoms with Gasteiger partial charge in [-0.3, -0.25) is 0 Å². The highest BCUT2D eigenvalue weighted by molar-refractivity contribution is 5.59. The summed E-state index contributed by atoms with van der Waals surface area (Å²) in [6.07, 6.45) is 0.726. The van der Waals surface area contributed by atoms with E-state index in [-0.39, 0.29) is 11.9 Å². The molecule has 2 aromatic heterocycles. The Morgan fingerprint density at radius 2 is 1.93 bits per heavy atom. The zero-order valence-electron chi connectivity index (χ0n) is 14.3. The summed E-state index contributed by atoms with van der Waals surface area (Å²) in [4.78, 5) is 0. The van der Waals surface area contributed by atoms with Crippen molar-refractivity contribution >= 4 is 11.5 Å². The maximum absolute atomic E-state index is 13.7. The van der Waals surface area contributed by atoms with Crippen LogP contribution in [0.3, 0.4) is 0 Å². The first-order chi connectivity index (χ1) is 13.3. The van der Waals surface area contributed by atoms with E-state index in [0.29, 0.717) is 29.6 Å². The molecule has 2 aromatic carbocycles. The normalized spacial score (nSPS) is 16.0. The summed E-state index contributed by atoms with van der Waals surface area (Å²) in [7, 11) is 0. The number of nitrogens with one attached hydrogen (secondary N) is 1. The van der Waals surface area contributed by atoms with Crippen molar-refractivity contribution in [1.29, 1.82) is 0 Å². The van der Waals surface area contributed by atoms with Crippen molar-refractivity contribution < 1.29 is 9.13 Å². The van der Waals surface area contributed by atoms with Gasteiger partial charge in [0.25, 0.3) is 0 Å². The number of rotatable bonds is 3. The lowest BCUT2D eigenvalue weighted by Crippen LogP contribution is -2.21. The van der Waals surface area contributed by atoms with Crippen molar-refractivity contribution in [3.05, 3.63) is 72.0 Å². The van der Waals surface area contributed by atoms with Crippen LogP contribution in [0.25, 0.3) is 17.0 Å². The topological polar surface area (TPSA) is 64.3 Å². The van der Waals surface area contributed by atoms with Gasteiger partial charge in [-0.2, -0.15) is 4.52 Å². The van der Waals surface area contributed by atoms with Crippen LogP contribution in [0.1, 0.15) is 18.0 Å². The monoisotopic (exact) mass is 361 g/mol. The molecule has 0 saturated carbocycles. The minimum Gasteiger partial charge on any atom is -0.493 e. The Balaban J connectivity index is 1.51. The molecular weight excluding hydrogens is 345 g/mol. The summed E-state index contributed by atoms with van der Waals surface area (Å²) in [5.41, 5.74) is 2.40. The number of ether oxygens (including phenoxy) is 1. The Bertz CT molecular complexity index is 1110. The lowest BCUT2D eigenvalue weighted by Gasteiger charge is -2.27. The highest BCUT2D eigenvalue weighted by atomic mass is 19.1. The SMILES string of the molecule is Fc1ccc2c(c1)C(Nc1ccc3nnc(-c4ccccc4)n3n1)CCO2. The van der Waals surface area contributed by atoms with Gasteiger partial charge in [-0.05, 0) is 30.3 Å². The summed E-state index contributed by atoms with van der Waals surface area (Å²) < 4.78 is 21.0. The number of halogens is 1. The van der Waals surface area contributed by atoms with Crippen molar-refractivity contribution in [3.8, 4) is 17.1 Å². The van der Waals surface area contributed by atoms with Gasteiger partial charge < -0.3 is 10.1 Å². The number of anilines is 1. The fraction of sp³-hybridized carbons (Fsp3) is 0.150. The first kappa shape index (κ1) is 15.7. The molecule has 1 aliphatic heterocycles. The van der Waals surface area contributed by atoms with Crippen molar-refractivity contribution in [3.63, 3.8) is 0 Å². The van der Waals surface area contributed by atoms with E-state index in [0.717, 1.165) is 17.5 Å². The molecule has 0 fully saturated rings. The van der Waals surface area contributed by atoms with E-state index in [4.69, 9.17) is 4.74 Å². The van der Waals surface area contributed by atoms with Gasteiger partial charge >= 0.3 is 0 Å². The van der Waals surface area contributed by atoms with Gasteiger partial charge in [0.05, 0.1) is 12.6 Å². The summed E-state index contributed by atoms with van der Waals surface area (Å²) in [5, 5.41) is 16.5. The minimum absolute atomic E-state index is 0.0777. The highest BCUT2D eigenvalue weighted by Gasteiger charge is 2.22. The zero-order valence-corrected chi connectivity index (χ0v) is 14.3. The number of hydrogen-bond acceptors (Lipinski definition) is 5. The highest BCUT2D eigenvalue weighted by Crippen LogP contribution is 2.34. The van der Waals surface area contributed by atoms with E-state index in [9.17, 15) is 4.39 Å². The average molecular weight is 361 g/mol. The molecule has 1 aliphatic rings. The fourth-order valence-electron chi connectivity index (χ4n) is 3.33. The third-order valence-corrected chi connectivity index (χ3v) is 4.63. The Morgan fingerprint density at radius 3 is 2.81 bits per heavy atom. The maximum atomic E-state index is 13.7. The molecule has 1 N–H and O–H groups in total. The van der Waals surface area contributed by atoms with Crippen LogP contribution in [0.4, 0.5) is 10.2 Å². The van der Waals surface area contributed by atoms with Crippen LogP contribution in [-0.2, 0) is 0 Å². The van der Waals surface area contributed by atoms with E-state index < -0.39 is 0 Å². The van der Waals surface area contributed by atoms with Crippen molar-refractivity contribution in [2.24, 2.45) is 0 Å². The zero-order chi connectivity index (χ0) is 18.2. The molecule has 0 saturated heterocycles. The molecular formula is C20H16FN5O. The molecule has 134 valence electrons. The third-order valence-electron chi connectivity index (χ3n) is 4.63. The number of benzene rings is 2. The van der Waals surface area contributed by atoms with E-state index >= 15 is 0 Å². The molecule has 0 bridgehead atoms. The van der Waals surface area contributed by atoms with Crippen LogP contribution in [0.2, 0.25) is 0 Å². The summed E-state index contributed by atoms with van der Waals surface area (Å²) in [5.74, 6) is 1.77. The van der Waals surface area contributed by atoms with Crippen molar-refractivity contribution in [2.75, 3.05) is 11.9 Å². The Labute approximate surface area is 154 Å². The first-order valence-electron chi connectivity index (χ1n) is 8.74. The second-order valence-corrected chi connectivity index (χ2v) is 6.39. The number of nitrogens with zero attached hydrogens (tertiary/aromatic N) is 4. The van der Waals surface area contributed by atoms with Gasteiger partial charge in [-0.15, -0.1) is 15.3 Å². The Hall–Kier alpha value is -3.48. The first-order valence-corrected chi connectivity index (χ1v) is 8.74. The smallest absolute Gasteiger partial charge is 0.185 e. The molecule has 0 radical (unpaired) electrons. The predicted molar refractivity (Wildman–Crippen MR) is 99.1 cm³/mol. The lowest BCUT2D eigenvalue weighted by atomic mass is 10.0. The second-order valence-electron chi connectivity index (χ2n) is 6.39. The second kappa shape index (κ2) is 6.35. The molecule has 0 amide bonds. The Morgan fingerprint density at radius 1 is 1.04 bits per heavy atom. The molecule has 7 heteroatoms. The summed E-state index contributed by atoms with van der Waals surface area (Å²) in [6.45, 7) is 0.570. The van der Waals surface area contributed by atoms with Gasteiger partial charge in [0.1, 0.15) is 17.4 Å². The van der Waals surface area contributed by atoms with Crippen LogP contribution in [-0.4, -0.2) is 26.4 Å². The van der Waals surface area contributed by atoms with Gasteiger partial charge in [0, 0.05) is 17.5 Å². The van der Waals surface area contributed by atoms with Crippen molar-refractivity contribution in [2.45, 2.75) is 12.5 Å². The van der Waals surface area contributed by atoms with Gasteiger partial charge in [-0.25, -0.2) is 4.39 Å². The fourth-order valence-corrected chi connectivity index (χ4v) is 3.33. The molecule has 3 heterocycles. The predicted octanol–water partition coefficient (Wildman–Crippen LogP) is 3.87. The van der Waals surface area contributed by atoms with Gasteiger partial charge in [0.2, 0.25) is 0 Å². The average Bonchev–Trinajstić information content (AvgIpc) is 3.12. The maximum Gasteiger partial charge on any atom is 0.185 e. The number of aromatic nitrogens is 4. The molecule has 5 rings (SSSR count). The van der Waals surface area contributed by atoms with E-state index in [1.807, 2.05) is 42.5 Å². The molecule has 6 nitrogen and oxygen atoms in total. The van der Waals surface area contributed by atoms with Crippen LogP contribution < -0.4 is 10.1 Å². The molecule has 0 spiro atoms. The van der Waals surface area contributed by atoms with Crippen LogP contribution in [0.5, 0.6) is 5.75 Å². The number of hydrogen-bond donors (Lipinski definition) is 1. The van der Waals surface area contributed by atoms with E-state index in [2.05, 4.69) is 20.6 Å². The van der Waals surface area contributed by atoms with Gasteiger partial charge in [-0.1, -0.05) is 30.3 Å². The third kappa shape index (κ3) is 2.87. The largest absolute Gasteiger partial charge is 0.493 e. The van der Waals surface area contributed by atoms with Crippen molar-refractivity contribution in [1.82, 2.24) is 19.8 Å². The van der Waals surface area contributed by atoms with Crippen LogP contribution >= 0.6 is 0 Å². The molecule has 0 aliphatic carbocycles. The minimum atomic E-state index is -0.278. The van der Waals surface area contributed by atoms with Crippen LogP contribution in [0, 0.1) is 5.82 Å². The standard InChI is InChI=1S/C20H16FN5O/c21-14-6-7-17-15(12-14)16(10-11-27-17)22-18-8-9-19-23-24-20(26(19)25-18)13-4-2-1-3-5-13/h1-9,12,16H,10-11H2,(H,22,25). The lowest BCUT2D eigenvalue weighted by molar-refractivity contribution is 0.273. The summed E-state index contributed by atoms with van der Waals surface area (Å²) in [6, 6.07) is 18.0. The molecule has 1 atom stereocenters. The van der Waals surface area contributed by atoms with Crippen LogP contribution in [0.15, 0.2) is 60.7 Å². The molecule has 1 unspecified atom stereocenters. The van der Waals surface area contributed by atoms with E-state index in [1.165, 1.54) is 12.1 Å². The molecule has 4 aromatic rings.